The minimum absolute atomic E-state index is 0.286. The smallest absolute Gasteiger partial charge is 0.322 e. The molecule has 1 atom stereocenters. The normalized spacial score (nSPS) is 19.5. The van der Waals surface area contributed by atoms with E-state index < -0.39 is 6.04 Å². The molecule has 1 aliphatic rings. The van der Waals surface area contributed by atoms with Gasteiger partial charge in [-0.25, -0.2) is 0 Å². The van der Waals surface area contributed by atoms with E-state index in [0.717, 1.165) is 18.8 Å². The fourth-order valence-corrected chi connectivity index (χ4v) is 1.09. The maximum Gasteiger partial charge on any atom is 0.322 e. The van der Waals surface area contributed by atoms with Gasteiger partial charge in [-0.05, 0) is 18.8 Å². The van der Waals surface area contributed by atoms with Crippen LogP contribution < -0.4 is 5.73 Å². The van der Waals surface area contributed by atoms with E-state index in [9.17, 15) is 4.79 Å². The standard InChI is InChI=1S/C8H15NO2/c1-11-8(10)7(9)5-4-6-2-3-6/h6-7H,2-5,9H2,1H3. The second-order valence-corrected chi connectivity index (χ2v) is 3.15. The van der Waals surface area contributed by atoms with Crippen LogP contribution in [0.25, 0.3) is 0 Å². The van der Waals surface area contributed by atoms with Gasteiger partial charge < -0.3 is 10.5 Å². The predicted octanol–water partition coefficient (Wildman–Crippen LogP) is 0.677. The Balaban J connectivity index is 2.08. The van der Waals surface area contributed by atoms with Gasteiger partial charge in [-0.15, -0.1) is 0 Å². The monoisotopic (exact) mass is 157 g/mol. The number of nitrogens with two attached hydrogens (primary N) is 1. The molecule has 2 N–H and O–H groups in total. The Morgan fingerprint density at radius 1 is 1.73 bits per heavy atom. The third-order valence-electron chi connectivity index (χ3n) is 2.09. The molecule has 0 saturated heterocycles. The summed E-state index contributed by atoms with van der Waals surface area (Å²) in [5.41, 5.74) is 5.53. The topological polar surface area (TPSA) is 52.3 Å². The molecule has 3 heteroatoms. The highest BCUT2D eigenvalue weighted by atomic mass is 16.5. The van der Waals surface area contributed by atoms with Crippen LogP contribution in [0.3, 0.4) is 0 Å². The SMILES string of the molecule is COC(=O)C(N)CCC1CC1. The van der Waals surface area contributed by atoms with Crippen molar-refractivity contribution in [3.63, 3.8) is 0 Å². The molecular formula is C8H15NO2. The molecule has 0 aromatic carbocycles. The van der Waals surface area contributed by atoms with Crippen molar-refractivity contribution in [3.05, 3.63) is 0 Å². The Morgan fingerprint density at radius 3 is 2.82 bits per heavy atom. The molecule has 1 saturated carbocycles. The number of carbonyl (C=O) groups is 1. The first kappa shape index (κ1) is 8.53. The average Bonchev–Trinajstić information content (AvgIpc) is 2.81. The van der Waals surface area contributed by atoms with Crippen molar-refractivity contribution in [2.75, 3.05) is 7.11 Å². The van der Waals surface area contributed by atoms with Crippen molar-refractivity contribution in [1.29, 1.82) is 0 Å². The average molecular weight is 157 g/mol. The third-order valence-corrected chi connectivity index (χ3v) is 2.09. The maximum absolute atomic E-state index is 10.8. The van der Waals surface area contributed by atoms with Crippen LogP contribution >= 0.6 is 0 Å². The Labute approximate surface area is 66.9 Å². The second kappa shape index (κ2) is 3.72. The zero-order chi connectivity index (χ0) is 8.27. The molecule has 1 fully saturated rings. The van der Waals surface area contributed by atoms with Crippen molar-refractivity contribution in [1.82, 2.24) is 0 Å². The minimum Gasteiger partial charge on any atom is -0.468 e. The van der Waals surface area contributed by atoms with Gasteiger partial charge >= 0.3 is 5.97 Å². The van der Waals surface area contributed by atoms with E-state index in [0.29, 0.717) is 0 Å². The quantitative estimate of drug-likeness (QED) is 0.610. The summed E-state index contributed by atoms with van der Waals surface area (Å²) in [4.78, 5) is 10.8. The van der Waals surface area contributed by atoms with Crippen LogP contribution in [-0.2, 0) is 9.53 Å². The molecule has 0 aliphatic heterocycles. The highest BCUT2D eigenvalue weighted by Gasteiger charge is 2.23. The zero-order valence-electron chi connectivity index (χ0n) is 6.88. The number of esters is 1. The van der Waals surface area contributed by atoms with E-state index in [2.05, 4.69) is 4.74 Å². The van der Waals surface area contributed by atoms with E-state index in [1.807, 2.05) is 0 Å². The van der Waals surface area contributed by atoms with Gasteiger partial charge in [-0.1, -0.05) is 12.8 Å². The van der Waals surface area contributed by atoms with E-state index in [1.165, 1.54) is 20.0 Å². The molecule has 64 valence electrons. The molecule has 11 heavy (non-hydrogen) atoms. The first-order valence-electron chi connectivity index (χ1n) is 4.07. The summed E-state index contributed by atoms with van der Waals surface area (Å²) in [6.07, 6.45) is 4.48. The Bertz CT molecular complexity index is 143. The Kier molecular flexibility index (Phi) is 2.88. The summed E-state index contributed by atoms with van der Waals surface area (Å²) in [5, 5.41) is 0. The number of rotatable bonds is 4. The molecule has 0 amide bonds. The minimum atomic E-state index is -0.402. The molecule has 0 aromatic heterocycles. The molecule has 1 aliphatic carbocycles. The molecule has 0 heterocycles. The van der Waals surface area contributed by atoms with E-state index >= 15 is 0 Å². The highest BCUT2D eigenvalue weighted by Crippen LogP contribution is 2.33. The van der Waals surface area contributed by atoms with E-state index in [4.69, 9.17) is 5.73 Å². The van der Waals surface area contributed by atoms with E-state index in [-0.39, 0.29) is 5.97 Å². The number of hydrogen-bond acceptors (Lipinski definition) is 3. The third kappa shape index (κ3) is 2.89. The van der Waals surface area contributed by atoms with Gasteiger partial charge in [-0.3, -0.25) is 4.79 Å². The lowest BCUT2D eigenvalue weighted by Crippen LogP contribution is -2.31. The first-order chi connectivity index (χ1) is 5.24. The van der Waals surface area contributed by atoms with Gasteiger partial charge in [0.1, 0.15) is 6.04 Å². The van der Waals surface area contributed by atoms with Crippen LogP contribution in [0.1, 0.15) is 25.7 Å². The summed E-state index contributed by atoms with van der Waals surface area (Å²) in [6.45, 7) is 0. The molecule has 3 nitrogen and oxygen atoms in total. The lowest BCUT2D eigenvalue weighted by atomic mass is 10.1. The number of methoxy groups -OCH3 is 1. The molecule has 0 aromatic rings. The fraction of sp³-hybridized carbons (Fsp3) is 0.875. The Hall–Kier alpha value is -0.570. The molecule has 0 spiro atoms. The van der Waals surface area contributed by atoms with Crippen LogP contribution in [0.2, 0.25) is 0 Å². The van der Waals surface area contributed by atoms with Crippen LogP contribution in [0, 0.1) is 5.92 Å². The van der Waals surface area contributed by atoms with Crippen molar-refractivity contribution >= 4 is 5.97 Å². The molecular weight excluding hydrogens is 142 g/mol. The number of hydrogen-bond donors (Lipinski definition) is 1. The summed E-state index contributed by atoms with van der Waals surface area (Å²) in [7, 11) is 1.37. The molecule has 0 bridgehead atoms. The van der Waals surface area contributed by atoms with Gasteiger partial charge in [0.2, 0.25) is 0 Å². The molecule has 1 unspecified atom stereocenters. The summed E-state index contributed by atoms with van der Waals surface area (Å²) in [5.74, 6) is 0.552. The van der Waals surface area contributed by atoms with Gasteiger partial charge in [0, 0.05) is 0 Å². The summed E-state index contributed by atoms with van der Waals surface area (Å²) < 4.78 is 4.50. The van der Waals surface area contributed by atoms with Crippen LogP contribution in [0.4, 0.5) is 0 Å². The second-order valence-electron chi connectivity index (χ2n) is 3.15. The van der Waals surface area contributed by atoms with Crippen LogP contribution in [0.15, 0.2) is 0 Å². The predicted molar refractivity (Wildman–Crippen MR) is 41.9 cm³/mol. The molecule has 0 radical (unpaired) electrons. The van der Waals surface area contributed by atoms with Gasteiger partial charge in [0.25, 0.3) is 0 Å². The molecule has 1 rings (SSSR count). The number of ether oxygens (including phenoxy) is 1. The largest absolute Gasteiger partial charge is 0.468 e. The Morgan fingerprint density at radius 2 is 2.36 bits per heavy atom. The zero-order valence-corrected chi connectivity index (χ0v) is 6.88. The van der Waals surface area contributed by atoms with Crippen LogP contribution in [-0.4, -0.2) is 19.1 Å². The van der Waals surface area contributed by atoms with Crippen molar-refractivity contribution < 1.29 is 9.53 Å². The van der Waals surface area contributed by atoms with Gasteiger partial charge in [-0.2, -0.15) is 0 Å². The van der Waals surface area contributed by atoms with Crippen molar-refractivity contribution in [3.8, 4) is 0 Å². The van der Waals surface area contributed by atoms with Crippen molar-refractivity contribution in [2.24, 2.45) is 11.7 Å². The first-order valence-corrected chi connectivity index (χ1v) is 4.07. The highest BCUT2D eigenvalue weighted by molar-refractivity contribution is 5.75. The summed E-state index contributed by atoms with van der Waals surface area (Å²) >= 11 is 0. The van der Waals surface area contributed by atoms with Crippen LogP contribution in [0.5, 0.6) is 0 Å². The summed E-state index contributed by atoms with van der Waals surface area (Å²) in [6, 6.07) is -0.402. The van der Waals surface area contributed by atoms with E-state index in [1.54, 1.807) is 0 Å². The van der Waals surface area contributed by atoms with Gasteiger partial charge in [0.15, 0.2) is 0 Å². The van der Waals surface area contributed by atoms with Gasteiger partial charge in [0.05, 0.1) is 7.11 Å². The lowest BCUT2D eigenvalue weighted by molar-refractivity contribution is -0.142. The number of carbonyl (C=O) groups excluding carboxylic acids is 1. The maximum atomic E-state index is 10.8. The fourth-order valence-electron chi connectivity index (χ4n) is 1.09. The van der Waals surface area contributed by atoms with Crippen molar-refractivity contribution in [2.45, 2.75) is 31.7 Å². The lowest BCUT2D eigenvalue weighted by Gasteiger charge is -2.07.